The first-order valence-electron chi connectivity index (χ1n) is 10.7. The van der Waals surface area contributed by atoms with E-state index in [4.69, 9.17) is 19.8 Å². The van der Waals surface area contributed by atoms with Crippen molar-refractivity contribution < 1.29 is 43.6 Å². The van der Waals surface area contributed by atoms with Crippen molar-refractivity contribution in [2.75, 3.05) is 52.4 Å². The largest absolute Gasteiger partial charge is 0.489 e. The van der Waals surface area contributed by atoms with Gasteiger partial charge in [0.25, 0.3) is 0 Å². The van der Waals surface area contributed by atoms with E-state index in [1.54, 1.807) is 0 Å². The van der Waals surface area contributed by atoms with Gasteiger partial charge in [-0.15, -0.1) is 0 Å². The third-order valence-electron chi connectivity index (χ3n) is 5.69. The van der Waals surface area contributed by atoms with Crippen molar-refractivity contribution in [2.24, 2.45) is 0 Å². The highest BCUT2D eigenvalue weighted by Crippen LogP contribution is 2.34. The monoisotopic (exact) mass is 492 g/mol. The number of aliphatic carboxylic acids is 2. The van der Waals surface area contributed by atoms with E-state index in [1.165, 1.54) is 12.1 Å². The van der Waals surface area contributed by atoms with Crippen LogP contribution in [0.1, 0.15) is 5.56 Å². The minimum Gasteiger partial charge on any atom is -0.489 e. The van der Waals surface area contributed by atoms with Crippen LogP contribution in [0.2, 0.25) is 0 Å². The maximum absolute atomic E-state index is 14.1. The Bertz CT molecular complexity index is 1060. The maximum atomic E-state index is 14.1. The molecule has 1 aromatic carbocycles. The second-order valence-corrected chi connectivity index (χ2v) is 8.24. The fourth-order valence-electron chi connectivity index (χ4n) is 4.38. The minimum absolute atomic E-state index is 0.0266. The van der Waals surface area contributed by atoms with Crippen LogP contribution >= 0.6 is 0 Å². The van der Waals surface area contributed by atoms with Gasteiger partial charge in [-0.2, -0.15) is 5.26 Å². The van der Waals surface area contributed by atoms with E-state index in [9.17, 15) is 29.0 Å². The van der Waals surface area contributed by atoms with Crippen LogP contribution in [0.3, 0.4) is 0 Å². The van der Waals surface area contributed by atoms with Gasteiger partial charge in [0, 0.05) is 51.9 Å². The highest BCUT2D eigenvalue weighted by atomic mass is 19.1. The predicted molar refractivity (Wildman–Crippen MR) is 116 cm³/mol. The summed E-state index contributed by atoms with van der Waals surface area (Å²) < 4.78 is 25.6. The minimum atomic E-state index is -1.48. The summed E-state index contributed by atoms with van der Waals surface area (Å²) in [6, 6.07) is 5.68. The molecule has 188 valence electrons. The zero-order chi connectivity index (χ0) is 25.6. The zero-order valence-electron chi connectivity index (χ0n) is 18.6. The normalized spacial score (nSPS) is 22.7. The van der Waals surface area contributed by atoms with Gasteiger partial charge in [0.2, 0.25) is 0 Å². The number of carboxylic acid groups (broad SMARTS) is 3. The first-order valence-corrected chi connectivity index (χ1v) is 10.7. The van der Waals surface area contributed by atoms with Gasteiger partial charge in [0.15, 0.2) is 11.6 Å². The van der Waals surface area contributed by atoms with Crippen molar-refractivity contribution in [3.63, 3.8) is 0 Å². The Labute approximate surface area is 199 Å². The van der Waals surface area contributed by atoms with Crippen LogP contribution in [0, 0.1) is 17.1 Å². The Balaban J connectivity index is 1.74. The number of nitrogens with one attached hydrogen (secondary N) is 1. The van der Waals surface area contributed by atoms with Crippen LogP contribution in [-0.2, 0) is 14.3 Å². The van der Waals surface area contributed by atoms with Gasteiger partial charge in [-0.25, -0.2) is 18.8 Å². The van der Waals surface area contributed by atoms with Gasteiger partial charge in [0.1, 0.15) is 12.2 Å². The van der Waals surface area contributed by atoms with E-state index in [0.29, 0.717) is 19.2 Å². The van der Waals surface area contributed by atoms with Crippen molar-refractivity contribution in [3.8, 4) is 11.8 Å². The number of amides is 1. The molecule has 2 unspecified atom stereocenters. The summed E-state index contributed by atoms with van der Waals surface area (Å²) in [5, 5.41) is 38.9. The number of rotatable bonds is 10. The molecule has 2 saturated heterocycles. The summed E-state index contributed by atoms with van der Waals surface area (Å²) in [5.74, 6) is -3.57. The highest BCUT2D eigenvalue weighted by molar-refractivity contribution is 5.96. The Morgan fingerprint density at radius 1 is 1.23 bits per heavy atom. The number of hydrogen-bond donors (Lipinski definition) is 4. The van der Waals surface area contributed by atoms with Gasteiger partial charge in [-0.1, -0.05) is 0 Å². The van der Waals surface area contributed by atoms with E-state index in [0.717, 1.165) is 6.07 Å². The summed E-state index contributed by atoms with van der Waals surface area (Å²) in [7, 11) is 0. The van der Waals surface area contributed by atoms with Crippen LogP contribution in [0.5, 0.6) is 5.75 Å². The van der Waals surface area contributed by atoms with Gasteiger partial charge < -0.3 is 30.1 Å². The van der Waals surface area contributed by atoms with E-state index >= 15 is 0 Å². The van der Waals surface area contributed by atoms with Crippen LogP contribution in [0.4, 0.5) is 9.18 Å². The molecule has 0 aromatic heterocycles. The highest BCUT2D eigenvalue weighted by Gasteiger charge is 2.50. The quantitative estimate of drug-likeness (QED) is 0.329. The fraction of sp³-hybridized carbons (Fsp3) is 0.455. The smallest absolute Gasteiger partial charge is 0.404 e. The van der Waals surface area contributed by atoms with Crippen molar-refractivity contribution >= 4 is 18.0 Å². The van der Waals surface area contributed by atoms with Crippen LogP contribution in [0.25, 0.3) is 0 Å². The number of carbonyl (C=O) groups is 3. The molecule has 4 N–H and O–H groups in total. The summed E-state index contributed by atoms with van der Waals surface area (Å²) in [6.45, 7) is 1.57. The summed E-state index contributed by atoms with van der Waals surface area (Å²) >= 11 is 0. The van der Waals surface area contributed by atoms with Gasteiger partial charge in [-0.05, 0) is 18.2 Å². The standard InChI is InChI=1S/C22H25FN4O8/c23-17-7-14(9-24)1-2-18(17)34-6-5-27-11-15-10-26(4-3-25-21(32)33)12-22(13-27,35-15)16(20(30)31)8-19(28)29/h1-2,7-8,15,25H,3-6,10-13H2,(H,28,29)(H,30,31)(H,32,33)/b16-8-. The average Bonchev–Trinajstić information content (AvgIpc) is 2.77. The summed E-state index contributed by atoms with van der Waals surface area (Å²) in [4.78, 5) is 37.8. The molecule has 2 aliphatic rings. The number of morpholine rings is 2. The molecule has 2 aliphatic heterocycles. The number of carboxylic acids is 2. The van der Waals surface area contributed by atoms with E-state index in [-0.39, 0.29) is 50.6 Å². The summed E-state index contributed by atoms with van der Waals surface area (Å²) in [5.41, 5.74) is -1.74. The lowest BCUT2D eigenvalue weighted by Crippen LogP contribution is -2.68. The number of nitriles is 1. The topological polar surface area (TPSA) is 173 Å². The molecule has 35 heavy (non-hydrogen) atoms. The van der Waals surface area contributed by atoms with Gasteiger partial charge in [0.05, 0.1) is 23.3 Å². The van der Waals surface area contributed by atoms with Crippen molar-refractivity contribution in [3.05, 3.63) is 41.2 Å². The molecular formula is C22H25FN4O8. The van der Waals surface area contributed by atoms with Gasteiger partial charge >= 0.3 is 18.0 Å². The fourth-order valence-corrected chi connectivity index (χ4v) is 4.38. The summed E-state index contributed by atoms with van der Waals surface area (Å²) in [6.07, 6.45) is -1.05. The van der Waals surface area contributed by atoms with Crippen molar-refractivity contribution in [2.45, 2.75) is 11.7 Å². The predicted octanol–water partition coefficient (Wildman–Crippen LogP) is 0.195. The number of nitrogens with zero attached hydrogens (tertiary/aromatic N) is 3. The van der Waals surface area contributed by atoms with Crippen LogP contribution in [-0.4, -0.2) is 107 Å². The third kappa shape index (κ3) is 6.66. The molecule has 0 aliphatic carbocycles. The number of fused-ring (bicyclic) bond motifs is 2. The SMILES string of the molecule is N#Cc1ccc(OCCN2CC3CN(CCNC(=O)O)CC(/C(=C\C(=O)O)C(=O)O)(C2)O3)c(F)c1. The molecule has 12 nitrogen and oxygen atoms in total. The molecule has 13 heteroatoms. The first kappa shape index (κ1) is 25.9. The number of ether oxygens (including phenoxy) is 2. The number of halogens is 1. The van der Waals surface area contributed by atoms with Crippen molar-refractivity contribution in [1.82, 2.24) is 15.1 Å². The molecule has 1 amide bonds. The van der Waals surface area contributed by atoms with E-state index in [1.807, 2.05) is 15.9 Å². The second kappa shape index (κ2) is 11.1. The molecule has 0 radical (unpaired) electrons. The molecule has 1 aromatic rings. The number of hydrogen-bond acceptors (Lipinski definition) is 8. The van der Waals surface area contributed by atoms with Crippen molar-refractivity contribution in [1.29, 1.82) is 5.26 Å². The lowest BCUT2D eigenvalue weighted by atomic mass is 9.87. The average molecular weight is 492 g/mol. The molecule has 2 heterocycles. The molecular weight excluding hydrogens is 467 g/mol. The number of benzene rings is 1. The Morgan fingerprint density at radius 3 is 2.49 bits per heavy atom. The lowest BCUT2D eigenvalue weighted by Gasteiger charge is -2.53. The molecule has 2 bridgehead atoms. The Hall–Kier alpha value is -3.73. The van der Waals surface area contributed by atoms with Gasteiger partial charge in [-0.3, -0.25) is 9.80 Å². The van der Waals surface area contributed by atoms with Crippen LogP contribution < -0.4 is 10.1 Å². The molecule has 2 fully saturated rings. The lowest BCUT2D eigenvalue weighted by molar-refractivity contribution is -0.189. The third-order valence-corrected chi connectivity index (χ3v) is 5.69. The second-order valence-electron chi connectivity index (χ2n) is 8.24. The Morgan fingerprint density at radius 2 is 1.91 bits per heavy atom. The molecule has 3 rings (SSSR count). The van der Waals surface area contributed by atoms with E-state index < -0.39 is 41.1 Å². The molecule has 0 spiro atoms. The first-order chi connectivity index (χ1) is 16.6. The van der Waals surface area contributed by atoms with E-state index in [2.05, 4.69) is 5.32 Å². The maximum Gasteiger partial charge on any atom is 0.404 e. The zero-order valence-corrected chi connectivity index (χ0v) is 18.6. The molecule has 0 saturated carbocycles. The van der Waals surface area contributed by atoms with Crippen LogP contribution in [0.15, 0.2) is 29.8 Å². The molecule has 2 atom stereocenters. The Kier molecular flexibility index (Phi) is 8.23.